The van der Waals surface area contributed by atoms with Gasteiger partial charge in [-0.15, -0.1) is 11.8 Å². The fraction of sp³-hybridized carbons (Fsp3) is 0.438. The maximum atomic E-state index is 12.1. The van der Waals surface area contributed by atoms with Crippen molar-refractivity contribution in [1.82, 2.24) is 5.32 Å². The average molecular weight is 336 g/mol. The summed E-state index contributed by atoms with van der Waals surface area (Å²) in [5, 5.41) is 4.90. The van der Waals surface area contributed by atoms with Gasteiger partial charge in [0.05, 0.1) is 11.9 Å². The van der Waals surface area contributed by atoms with Gasteiger partial charge in [-0.25, -0.2) is 4.79 Å². The molecule has 124 valence electrons. The van der Waals surface area contributed by atoms with E-state index in [4.69, 9.17) is 4.74 Å². The van der Waals surface area contributed by atoms with Crippen LogP contribution in [0.5, 0.6) is 0 Å². The van der Waals surface area contributed by atoms with E-state index in [0.717, 1.165) is 5.56 Å². The first-order valence-corrected chi connectivity index (χ1v) is 8.49. The van der Waals surface area contributed by atoms with Crippen molar-refractivity contribution in [3.8, 4) is 0 Å². The molecule has 0 saturated carbocycles. The number of ether oxygens (including phenoxy) is 1. The van der Waals surface area contributed by atoms with Gasteiger partial charge in [-0.1, -0.05) is 12.1 Å². The predicted molar refractivity (Wildman–Crippen MR) is 89.2 cm³/mol. The molecule has 23 heavy (non-hydrogen) atoms. The van der Waals surface area contributed by atoms with E-state index in [1.807, 2.05) is 25.1 Å². The molecule has 0 unspecified atom stereocenters. The van der Waals surface area contributed by atoms with Crippen molar-refractivity contribution in [1.29, 1.82) is 0 Å². The minimum atomic E-state index is -0.636. The molecular weight excluding hydrogens is 316 g/mol. The minimum absolute atomic E-state index is 0.0694. The zero-order valence-electron chi connectivity index (χ0n) is 13.1. The second kappa shape index (κ2) is 8.01. The smallest absolute Gasteiger partial charge is 0.329 e. The fourth-order valence-corrected chi connectivity index (χ4v) is 3.35. The van der Waals surface area contributed by atoms with E-state index in [9.17, 15) is 14.4 Å². The number of esters is 1. The Morgan fingerprint density at radius 1 is 1.43 bits per heavy atom. The van der Waals surface area contributed by atoms with Crippen molar-refractivity contribution in [2.24, 2.45) is 0 Å². The van der Waals surface area contributed by atoms with Gasteiger partial charge in [0.25, 0.3) is 0 Å². The first-order chi connectivity index (χ1) is 11.0. The summed E-state index contributed by atoms with van der Waals surface area (Å²) in [5.41, 5.74) is 1.76. The normalized spacial score (nSPS) is 20.5. The van der Waals surface area contributed by atoms with Crippen molar-refractivity contribution >= 4 is 35.2 Å². The SMILES string of the molecule is CCOC(=O)[C@H]1CS[C@@H](CC(=O)Nc2cccc(C)c2)C(=O)N1. The molecular formula is C16H20N2O4S. The number of thioether (sulfide) groups is 1. The molecule has 0 radical (unpaired) electrons. The van der Waals surface area contributed by atoms with Gasteiger partial charge in [0.1, 0.15) is 6.04 Å². The van der Waals surface area contributed by atoms with Crippen molar-refractivity contribution in [2.45, 2.75) is 31.6 Å². The second-order valence-corrected chi connectivity index (χ2v) is 6.49. The highest BCUT2D eigenvalue weighted by atomic mass is 32.2. The Kier molecular flexibility index (Phi) is 6.04. The van der Waals surface area contributed by atoms with E-state index in [0.29, 0.717) is 11.4 Å². The highest BCUT2D eigenvalue weighted by molar-refractivity contribution is 8.00. The number of anilines is 1. The molecule has 6 nitrogen and oxygen atoms in total. The van der Waals surface area contributed by atoms with Crippen LogP contribution in [-0.4, -0.2) is 41.4 Å². The lowest BCUT2D eigenvalue weighted by Crippen LogP contribution is -2.51. The third-order valence-electron chi connectivity index (χ3n) is 3.32. The Hall–Kier alpha value is -2.02. The van der Waals surface area contributed by atoms with Crippen LogP contribution in [0, 0.1) is 6.92 Å². The minimum Gasteiger partial charge on any atom is -0.464 e. The fourth-order valence-electron chi connectivity index (χ4n) is 2.22. The molecule has 1 saturated heterocycles. The van der Waals surface area contributed by atoms with E-state index in [2.05, 4.69) is 10.6 Å². The standard InChI is InChI=1S/C16H20N2O4S/c1-3-22-16(21)12-9-23-13(15(20)18-12)8-14(19)17-11-6-4-5-10(2)7-11/h4-7,12-13H,3,8-9H2,1-2H3,(H,17,19)(H,18,20)/t12-,13+/m1/s1. The van der Waals surface area contributed by atoms with Gasteiger partial charge in [0.15, 0.2) is 0 Å². The van der Waals surface area contributed by atoms with Crippen LogP contribution in [0.25, 0.3) is 0 Å². The van der Waals surface area contributed by atoms with Crippen LogP contribution in [0.15, 0.2) is 24.3 Å². The molecule has 0 bridgehead atoms. The number of rotatable bonds is 5. The van der Waals surface area contributed by atoms with Crippen LogP contribution >= 0.6 is 11.8 Å². The van der Waals surface area contributed by atoms with Gasteiger partial charge in [-0.05, 0) is 31.5 Å². The van der Waals surface area contributed by atoms with Gasteiger partial charge in [-0.3, -0.25) is 9.59 Å². The number of nitrogens with one attached hydrogen (secondary N) is 2. The molecule has 1 aromatic rings. The van der Waals surface area contributed by atoms with E-state index in [1.54, 1.807) is 13.0 Å². The van der Waals surface area contributed by atoms with E-state index in [-0.39, 0.29) is 24.8 Å². The second-order valence-electron chi connectivity index (χ2n) is 5.26. The third-order valence-corrected chi connectivity index (χ3v) is 4.63. The van der Waals surface area contributed by atoms with Gasteiger partial charge < -0.3 is 15.4 Å². The molecule has 1 aromatic carbocycles. The molecule has 1 heterocycles. The van der Waals surface area contributed by atoms with Crippen LogP contribution in [0.1, 0.15) is 18.9 Å². The number of carbonyl (C=O) groups excluding carboxylic acids is 3. The Balaban J connectivity index is 1.85. The van der Waals surface area contributed by atoms with Crippen LogP contribution in [0.2, 0.25) is 0 Å². The van der Waals surface area contributed by atoms with Crippen LogP contribution in [0.4, 0.5) is 5.69 Å². The first kappa shape index (κ1) is 17.3. The molecule has 1 aliphatic rings. The summed E-state index contributed by atoms with van der Waals surface area (Å²) in [4.78, 5) is 35.7. The number of amides is 2. The van der Waals surface area contributed by atoms with Crippen molar-refractivity contribution in [2.75, 3.05) is 17.7 Å². The number of hydrogen-bond acceptors (Lipinski definition) is 5. The maximum Gasteiger partial charge on any atom is 0.329 e. The predicted octanol–water partition coefficient (Wildman–Crippen LogP) is 1.49. The molecule has 2 amide bonds. The summed E-state index contributed by atoms with van der Waals surface area (Å²) in [6, 6.07) is 6.83. The summed E-state index contributed by atoms with van der Waals surface area (Å²) in [6.07, 6.45) is 0.0694. The molecule has 2 rings (SSSR count). The highest BCUT2D eigenvalue weighted by Crippen LogP contribution is 2.22. The highest BCUT2D eigenvalue weighted by Gasteiger charge is 2.34. The van der Waals surface area contributed by atoms with Gasteiger partial charge in [-0.2, -0.15) is 0 Å². The number of aryl methyl sites for hydroxylation is 1. The molecule has 0 aliphatic carbocycles. The maximum absolute atomic E-state index is 12.1. The zero-order chi connectivity index (χ0) is 16.8. The van der Waals surface area contributed by atoms with E-state index < -0.39 is 17.3 Å². The number of benzene rings is 1. The van der Waals surface area contributed by atoms with Crippen LogP contribution in [0.3, 0.4) is 0 Å². The van der Waals surface area contributed by atoms with Crippen molar-refractivity contribution < 1.29 is 19.1 Å². The molecule has 0 aromatic heterocycles. The Morgan fingerprint density at radius 3 is 2.87 bits per heavy atom. The quantitative estimate of drug-likeness (QED) is 0.796. The summed E-state index contributed by atoms with van der Waals surface area (Å²) in [6.45, 7) is 3.93. The van der Waals surface area contributed by atoms with Crippen molar-refractivity contribution in [3.05, 3.63) is 29.8 Å². The van der Waals surface area contributed by atoms with Crippen molar-refractivity contribution in [3.63, 3.8) is 0 Å². The van der Waals surface area contributed by atoms with E-state index >= 15 is 0 Å². The Bertz CT molecular complexity index is 605. The summed E-state index contributed by atoms with van der Waals surface area (Å²) < 4.78 is 4.89. The monoisotopic (exact) mass is 336 g/mol. The zero-order valence-corrected chi connectivity index (χ0v) is 13.9. The van der Waals surface area contributed by atoms with Crippen LogP contribution in [-0.2, 0) is 19.1 Å². The summed E-state index contributed by atoms with van der Waals surface area (Å²) in [7, 11) is 0. The molecule has 1 aliphatic heterocycles. The lowest BCUT2D eigenvalue weighted by atomic mass is 10.2. The number of carbonyl (C=O) groups is 3. The van der Waals surface area contributed by atoms with Crippen LogP contribution < -0.4 is 10.6 Å². The van der Waals surface area contributed by atoms with Gasteiger partial charge in [0.2, 0.25) is 11.8 Å². The Morgan fingerprint density at radius 2 is 2.22 bits per heavy atom. The topological polar surface area (TPSA) is 84.5 Å². The summed E-state index contributed by atoms with van der Waals surface area (Å²) >= 11 is 1.30. The first-order valence-electron chi connectivity index (χ1n) is 7.44. The van der Waals surface area contributed by atoms with Gasteiger partial charge in [0, 0.05) is 17.9 Å². The Labute approximate surface area is 139 Å². The van der Waals surface area contributed by atoms with Gasteiger partial charge >= 0.3 is 5.97 Å². The molecule has 1 fully saturated rings. The summed E-state index contributed by atoms with van der Waals surface area (Å²) in [5.74, 6) is -0.556. The average Bonchev–Trinajstić information content (AvgIpc) is 2.49. The lowest BCUT2D eigenvalue weighted by molar-refractivity contribution is -0.146. The molecule has 2 atom stereocenters. The molecule has 0 spiro atoms. The molecule has 2 N–H and O–H groups in total. The number of hydrogen-bond donors (Lipinski definition) is 2. The lowest BCUT2D eigenvalue weighted by Gasteiger charge is -2.27. The molecule has 7 heteroatoms. The van der Waals surface area contributed by atoms with E-state index in [1.165, 1.54) is 11.8 Å². The largest absolute Gasteiger partial charge is 0.464 e. The third kappa shape index (κ3) is 4.99.